The predicted molar refractivity (Wildman–Crippen MR) is 130 cm³/mol. The fraction of sp³-hybridized carbons (Fsp3) is 0.375. The number of fused-ring (bicyclic) bond motifs is 1. The molecule has 0 bridgehead atoms. The summed E-state index contributed by atoms with van der Waals surface area (Å²) in [5, 5.41) is 1.26. The monoisotopic (exact) mass is 431 g/mol. The molecule has 0 amide bonds. The van der Waals surface area contributed by atoms with Crippen LogP contribution in [0.2, 0.25) is 0 Å². The van der Waals surface area contributed by atoms with E-state index in [2.05, 4.69) is 84.3 Å². The first-order chi connectivity index (χ1) is 13.3. The van der Waals surface area contributed by atoms with Gasteiger partial charge in [-0.3, -0.25) is 0 Å². The molecule has 0 unspecified atom stereocenters. The van der Waals surface area contributed by atoms with Crippen LogP contribution in [-0.2, 0) is 0 Å². The van der Waals surface area contributed by atoms with Crippen LogP contribution >= 0.6 is 24.8 Å². The maximum atomic E-state index is 4.94. The Hall–Kier alpha value is -1.81. The highest BCUT2D eigenvalue weighted by Crippen LogP contribution is 2.33. The average molecular weight is 432 g/mol. The predicted octanol–water partition coefficient (Wildman–Crippen LogP) is 6.06. The van der Waals surface area contributed by atoms with Crippen LogP contribution in [0.15, 0.2) is 60.7 Å². The van der Waals surface area contributed by atoms with Gasteiger partial charge in [-0.15, -0.1) is 24.8 Å². The Morgan fingerprint density at radius 3 is 2.17 bits per heavy atom. The van der Waals surface area contributed by atoms with Gasteiger partial charge in [0.05, 0.1) is 11.2 Å². The summed E-state index contributed by atoms with van der Waals surface area (Å²) in [6.07, 6.45) is 2.47. The van der Waals surface area contributed by atoms with Crippen LogP contribution in [0.4, 0.5) is 5.69 Å². The Kier molecular flexibility index (Phi) is 8.76. The average Bonchev–Trinajstić information content (AvgIpc) is 2.75. The molecule has 1 fully saturated rings. The quantitative estimate of drug-likeness (QED) is 0.489. The molecule has 5 heteroatoms. The van der Waals surface area contributed by atoms with Crippen LogP contribution in [-0.4, -0.2) is 42.1 Å². The largest absolute Gasteiger partial charge is 0.371 e. The van der Waals surface area contributed by atoms with Crippen LogP contribution < -0.4 is 4.90 Å². The van der Waals surface area contributed by atoms with E-state index >= 15 is 0 Å². The SMILES string of the molecule is CCN(CC)C1CCN(c2cc(-c3ccccc3)nc3ccccc23)CC1.Cl.Cl. The van der Waals surface area contributed by atoms with Crippen molar-refractivity contribution in [1.82, 2.24) is 9.88 Å². The summed E-state index contributed by atoms with van der Waals surface area (Å²) in [6, 6.07) is 22.1. The molecule has 1 aliphatic rings. The number of para-hydroxylation sites is 1. The van der Waals surface area contributed by atoms with Gasteiger partial charge in [-0.25, -0.2) is 4.98 Å². The highest BCUT2D eigenvalue weighted by molar-refractivity contribution is 5.94. The maximum absolute atomic E-state index is 4.94. The van der Waals surface area contributed by atoms with Crippen LogP contribution in [0.3, 0.4) is 0 Å². The van der Waals surface area contributed by atoms with Gasteiger partial charge in [0.25, 0.3) is 0 Å². The van der Waals surface area contributed by atoms with Crippen LogP contribution in [0.1, 0.15) is 26.7 Å². The molecule has 3 nitrogen and oxygen atoms in total. The number of benzene rings is 2. The van der Waals surface area contributed by atoms with E-state index in [1.165, 1.54) is 29.5 Å². The van der Waals surface area contributed by atoms with Crippen LogP contribution in [0.25, 0.3) is 22.2 Å². The van der Waals surface area contributed by atoms with Crippen molar-refractivity contribution >= 4 is 41.4 Å². The molecule has 4 rings (SSSR count). The molecule has 156 valence electrons. The van der Waals surface area contributed by atoms with Gasteiger partial charge in [-0.1, -0.05) is 62.4 Å². The first-order valence-corrected chi connectivity index (χ1v) is 10.2. The van der Waals surface area contributed by atoms with E-state index in [4.69, 9.17) is 4.98 Å². The van der Waals surface area contributed by atoms with Crippen molar-refractivity contribution in [2.24, 2.45) is 0 Å². The molecule has 2 aromatic carbocycles. The lowest BCUT2D eigenvalue weighted by Gasteiger charge is -2.39. The summed E-state index contributed by atoms with van der Waals surface area (Å²) in [4.78, 5) is 10.1. The lowest BCUT2D eigenvalue weighted by molar-refractivity contribution is 0.186. The van der Waals surface area contributed by atoms with E-state index in [1.54, 1.807) is 0 Å². The zero-order valence-corrected chi connectivity index (χ0v) is 18.9. The zero-order chi connectivity index (χ0) is 18.6. The first kappa shape index (κ1) is 23.5. The number of piperidine rings is 1. The minimum atomic E-state index is 0. The van der Waals surface area contributed by atoms with E-state index in [9.17, 15) is 0 Å². The Morgan fingerprint density at radius 1 is 0.897 bits per heavy atom. The third-order valence-electron chi connectivity index (χ3n) is 5.90. The van der Waals surface area contributed by atoms with E-state index < -0.39 is 0 Å². The number of pyridine rings is 1. The molecule has 2 heterocycles. The van der Waals surface area contributed by atoms with Crippen molar-refractivity contribution in [2.75, 3.05) is 31.1 Å². The lowest BCUT2D eigenvalue weighted by atomic mass is 10.0. The standard InChI is InChI=1S/C24H29N3.2ClH/c1-3-26(4-2)20-14-16-27(17-15-20)24-18-23(19-10-6-5-7-11-19)25-22-13-9-8-12-21(22)24;;/h5-13,18,20H,3-4,14-17H2,1-2H3;2*1H. The Labute approximate surface area is 186 Å². The summed E-state index contributed by atoms with van der Waals surface area (Å²) in [5.74, 6) is 0. The van der Waals surface area contributed by atoms with Gasteiger partial charge in [0.1, 0.15) is 0 Å². The number of hydrogen-bond donors (Lipinski definition) is 0. The maximum Gasteiger partial charge on any atom is 0.0730 e. The fourth-order valence-corrected chi connectivity index (χ4v) is 4.39. The third-order valence-corrected chi connectivity index (χ3v) is 5.90. The summed E-state index contributed by atoms with van der Waals surface area (Å²) < 4.78 is 0. The highest BCUT2D eigenvalue weighted by Gasteiger charge is 2.24. The van der Waals surface area contributed by atoms with Gasteiger partial charge in [-0.05, 0) is 38.1 Å². The molecule has 0 atom stereocenters. The van der Waals surface area contributed by atoms with Crippen molar-refractivity contribution in [3.8, 4) is 11.3 Å². The first-order valence-electron chi connectivity index (χ1n) is 10.2. The number of hydrogen-bond acceptors (Lipinski definition) is 3. The molecule has 29 heavy (non-hydrogen) atoms. The van der Waals surface area contributed by atoms with Crippen molar-refractivity contribution in [3.63, 3.8) is 0 Å². The fourth-order valence-electron chi connectivity index (χ4n) is 4.39. The molecular weight excluding hydrogens is 401 g/mol. The number of anilines is 1. The third kappa shape index (κ3) is 5.03. The second kappa shape index (κ2) is 10.8. The van der Waals surface area contributed by atoms with Gasteiger partial charge in [-0.2, -0.15) is 0 Å². The zero-order valence-electron chi connectivity index (χ0n) is 17.3. The Bertz CT molecular complexity index is 889. The normalized spacial score (nSPS) is 14.5. The number of halogens is 2. The lowest BCUT2D eigenvalue weighted by Crippen LogP contribution is -2.44. The minimum absolute atomic E-state index is 0. The second-order valence-corrected chi connectivity index (χ2v) is 7.35. The van der Waals surface area contributed by atoms with Crippen molar-refractivity contribution in [1.29, 1.82) is 0 Å². The van der Waals surface area contributed by atoms with E-state index in [0.29, 0.717) is 0 Å². The Balaban J connectivity index is 0.00000150. The van der Waals surface area contributed by atoms with Crippen molar-refractivity contribution < 1.29 is 0 Å². The van der Waals surface area contributed by atoms with E-state index in [0.717, 1.165) is 43.4 Å². The highest BCUT2D eigenvalue weighted by atomic mass is 35.5. The van der Waals surface area contributed by atoms with Gasteiger partial charge in [0, 0.05) is 35.8 Å². The van der Waals surface area contributed by atoms with Gasteiger partial charge >= 0.3 is 0 Å². The summed E-state index contributed by atoms with van der Waals surface area (Å²) in [7, 11) is 0. The van der Waals surface area contributed by atoms with Crippen molar-refractivity contribution in [3.05, 3.63) is 60.7 Å². The topological polar surface area (TPSA) is 19.4 Å². The molecular formula is C24H31Cl2N3. The molecule has 3 aromatic rings. The van der Waals surface area contributed by atoms with E-state index in [1.807, 2.05) is 0 Å². The molecule has 0 saturated carbocycles. The van der Waals surface area contributed by atoms with Gasteiger partial charge < -0.3 is 9.80 Å². The van der Waals surface area contributed by atoms with E-state index in [-0.39, 0.29) is 24.8 Å². The summed E-state index contributed by atoms with van der Waals surface area (Å²) in [5.41, 5.74) is 4.66. The smallest absolute Gasteiger partial charge is 0.0730 e. The second-order valence-electron chi connectivity index (χ2n) is 7.35. The summed E-state index contributed by atoms with van der Waals surface area (Å²) in [6.45, 7) is 9.08. The van der Waals surface area contributed by atoms with Crippen LogP contribution in [0.5, 0.6) is 0 Å². The minimum Gasteiger partial charge on any atom is -0.371 e. The summed E-state index contributed by atoms with van der Waals surface area (Å²) >= 11 is 0. The Morgan fingerprint density at radius 2 is 1.52 bits per heavy atom. The van der Waals surface area contributed by atoms with Crippen molar-refractivity contribution in [2.45, 2.75) is 32.7 Å². The molecule has 1 aliphatic heterocycles. The molecule has 1 saturated heterocycles. The molecule has 0 spiro atoms. The molecule has 1 aromatic heterocycles. The van der Waals surface area contributed by atoms with Gasteiger partial charge in [0.15, 0.2) is 0 Å². The number of nitrogens with zero attached hydrogens (tertiary/aromatic N) is 3. The molecule has 0 N–H and O–H groups in total. The van der Waals surface area contributed by atoms with Gasteiger partial charge in [0.2, 0.25) is 0 Å². The molecule has 0 radical (unpaired) electrons. The van der Waals surface area contributed by atoms with Crippen LogP contribution in [0, 0.1) is 0 Å². The molecule has 0 aliphatic carbocycles. The number of aromatic nitrogens is 1. The number of rotatable bonds is 5.